The number of hydrogen-bond donors (Lipinski definition) is 1. The zero-order valence-electron chi connectivity index (χ0n) is 13.4. The molecule has 1 N–H and O–H groups in total. The highest BCUT2D eigenvalue weighted by Gasteiger charge is 2.44. The average molecular weight is 309 g/mol. The number of likely N-dealkylation sites (tertiary alicyclic amines) is 1. The molecule has 3 nitrogen and oxygen atoms in total. The number of aryl methyl sites for hydroxylation is 1. The zero-order chi connectivity index (χ0) is 15.0. The highest BCUT2D eigenvalue weighted by molar-refractivity contribution is 7.12. The van der Waals surface area contributed by atoms with E-state index < -0.39 is 0 Å². The van der Waals surface area contributed by atoms with Gasteiger partial charge in [0.2, 0.25) is 0 Å². The fourth-order valence-electron chi connectivity index (χ4n) is 3.89. The highest BCUT2D eigenvalue weighted by Crippen LogP contribution is 2.46. The Morgan fingerprint density at radius 2 is 2.38 bits per heavy atom. The van der Waals surface area contributed by atoms with Crippen molar-refractivity contribution in [2.45, 2.75) is 64.2 Å². The molecule has 0 aromatic carbocycles. The van der Waals surface area contributed by atoms with Crippen molar-refractivity contribution in [2.75, 3.05) is 19.7 Å². The van der Waals surface area contributed by atoms with E-state index in [0.717, 1.165) is 45.4 Å². The van der Waals surface area contributed by atoms with Crippen molar-refractivity contribution in [3.63, 3.8) is 0 Å². The molecule has 0 unspecified atom stereocenters. The molecule has 1 saturated heterocycles. The summed E-state index contributed by atoms with van der Waals surface area (Å²) in [5, 5.41) is 9.65. The van der Waals surface area contributed by atoms with Gasteiger partial charge in [-0.2, -0.15) is 0 Å². The number of nitrogens with zero attached hydrogens (tertiary/aromatic N) is 1. The Labute approximate surface area is 131 Å². The van der Waals surface area contributed by atoms with E-state index in [9.17, 15) is 5.11 Å². The van der Waals surface area contributed by atoms with Gasteiger partial charge in [0.15, 0.2) is 0 Å². The van der Waals surface area contributed by atoms with E-state index in [1.165, 1.54) is 10.4 Å². The minimum atomic E-state index is -0.253. The van der Waals surface area contributed by atoms with Gasteiger partial charge in [-0.3, -0.25) is 4.90 Å². The third-order valence-electron chi connectivity index (χ3n) is 4.96. The molecular formula is C17H27NO2S. The van der Waals surface area contributed by atoms with Crippen LogP contribution in [0.4, 0.5) is 0 Å². The number of aliphatic hydroxyl groups is 1. The second-order valence-corrected chi connectivity index (χ2v) is 7.86. The van der Waals surface area contributed by atoms with Crippen LogP contribution in [0, 0.1) is 0 Å². The molecule has 0 radical (unpaired) electrons. The topological polar surface area (TPSA) is 32.7 Å². The number of piperidine rings is 1. The van der Waals surface area contributed by atoms with Crippen LogP contribution in [0.2, 0.25) is 0 Å². The Morgan fingerprint density at radius 1 is 1.57 bits per heavy atom. The van der Waals surface area contributed by atoms with Gasteiger partial charge in [-0.05, 0) is 44.7 Å². The molecule has 3 heterocycles. The van der Waals surface area contributed by atoms with Gasteiger partial charge < -0.3 is 9.84 Å². The molecule has 0 aliphatic carbocycles. The van der Waals surface area contributed by atoms with E-state index in [2.05, 4.69) is 24.8 Å². The first-order valence-electron chi connectivity index (χ1n) is 8.22. The summed E-state index contributed by atoms with van der Waals surface area (Å²) in [5.74, 6) is 0. The predicted molar refractivity (Wildman–Crippen MR) is 87.0 cm³/mol. The maximum atomic E-state index is 9.65. The summed E-state index contributed by atoms with van der Waals surface area (Å²) in [7, 11) is 0. The van der Waals surface area contributed by atoms with Crippen LogP contribution in [0.5, 0.6) is 0 Å². The van der Waals surface area contributed by atoms with Crippen molar-refractivity contribution in [1.82, 2.24) is 4.90 Å². The molecule has 1 aromatic heterocycles. The van der Waals surface area contributed by atoms with Crippen molar-refractivity contribution in [3.8, 4) is 0 Å². The summed E-state index contributed by atoms with van der Waals surface area (Å²) in [6.07, 6.45) is 4.05. The van der Waals surface area contributed by atoms with E-state index in [1.54, 1.807) is 4.88 Å². The summed E-state index contributed by atoms with van der Waals surface area (Å²) in [6, 6.07) is 2.86. The van der Waals surface area contributed by atoms with Crippen LogP contribution in [0.25, 0.3) is 0 Å². The van der Waals surface area contributed by atoms with Gasteiger partial charge in [0.25, 0.3) is 0 Å². The smallest absolute Gasteiger partial charge is 0.0969 e. The van der Waals surface area contributed by atoms with E-state index in [-0.39, 0.29) is 11.7 Å². The summed E-state index contributed by atoms with van der Waals surface area (Å²) in [4.78, 5) is 5.44. The lowest BCUT2D eigenvalue weighted by Crippen LogP contribution is -2.51. The van der Waals surface area contributed by atoms with Crippen LogP contribution in [0.15, 0.2) is 6.07 Å². The van der Waals surface area contributed by atoms with Gasteiger partial charge in [0.05, 0.1) is 18.3 Å². The Balaban J connectivity index is 1.82. The lowest BCUT2D eigenvalue weighted by atomic mass is 9.79. The van der Waals surface area contributed by atoms with Crippen LogP contribution in [-0.2, 0) is 23.2 Å². The molecule has 3 rings (SSSR count). The quantitative estimate of drug-likeness (QED) is 0.932. The third kappa shape index (κ3) is 2.91. The van der Waals surface area contributed by atoms with E-state index >= 15 is 0 Å². The van der Waals surface area contributed by atoms with Gasteiger partial charge in [-0.1, -0.05) is 6.92 Å². The van der Waals surface area contributed by atoms with Crippen molar-refractivity contribution in [2.24, 2.45) is 0 Å². The molecule has 118 valence electrons. The largest absolute Gasteiger partial charge is 0.392 e. The van der Waals surface area contributed by atoms with Crippen molar-refractivity contribution >= 4 is 11.3 Å². The molecular weight excluding hydrogens is 282 g/mol. The van der Waals surface area contributed by atoms with Gasteiger partial charge in [-0.25, -0.2) is 0 Å². The van der Waals surface area contributed by atoms with Crippen LogP contribution < -0.4 is 0 Å². The second-order valence-electron chi connectivity index (χ2n) is 6.64. The Kier molecular flexibility index (Phi) is 4.42. The van der Waals surface area contributed by atoms with Crippen LogP contribution in [-0.4, -0.2) is 41.8 Å². The molecule has 4 heteroatoms. The molecule has 21 heavy (non-hydrogen) atoms. The number of hydrogen-bond acceptors (Lipinski definition) is 4. The second kappa shape index (κ2) is 5.99. The monoisotopic (exact) mass is 309 g/mol. The lowest BCUT2D eigenvalue weighted by Gasteiger charge is -2.47. The van der Waals surface area contributed by atoms with Gasteiger partial charge in [0, 0.05) is 35.3 Å². The first-order chi connectivity index (χ1) is 10.0. The summed E-state index contributed by atoms with van der Waals surface area (Å²) in [5.41, 5.74) is 1.41. The van der Waals surface area contributed by atoms with E-state index in [1.807, 2.05) is 18.3 Å². The molecule has 1 spiro atoms. The number of aliphatic hydroxyl groups excluding tert-OH is 1. The molecule has 3 atom stereocenters. The molecule has 0 bridgehead atoms. The maximum absolute atomic E-state index is 9.65. The van der Waals surface area contributed by atoms with Crippen LogP contribution >= 0.6 is 11.3 Å². The highest BCUT2D eigenvalue weighted by atomic mass is 32.1. The third-order valence-corrected chi connectivity index (χ3v) is 6.30. The number of rotatable bonds is 3. The molecule has 1 fully saturated rings. The van der Waals surface area contributed by atoms with Crippen LogP contribution in [0.3, 0.4) is 0 Å². The number of thiophene rings is 1. The Morgan fingerprint density at radius 3 is 3.05 bits per heavy atom. The summed E-state index contributed by atoms with van der Waals surface area (Å²) < 4.78 is 6.33. The van der Waals surface area contributed by atoms with Gasteiger partial charge >= 0.3 is 0 Å². The SMILES string of the molecule is CCc1cc2c(s1)CCO[C@@]21CCN(C[C@H](C)O)[C@@H](C)C1. The zero-order valence-corrected chi connectivity index (χ0v) is 14.2. The van der Waals surface area contributed by atoms with E-state index in [0.29, 0.717) is 6.04 Å². The number of fused-ring (bicyclic) bond motifs is 2. The molecule has 1 aromatic rings. The predicted octanol–water partition coefficient (Wildman–Crippen LogP) is 2.94. The summed E-state index contributed by atoms with van der Waals surface area (Å²) >= 11 is 1.98. The fraction of sp³-hybridized carbons (Fsp3) is 0.765. The number of β-amino-alcohol motifs (C(OH)–C–C–N with tert-alkyl or cyclic N) is 1. The Hall–Kier alpha value is -0.420. The number of ether oxygens (including phenoxy) is 1. The normalized spacial score (nSPS) is 31.3. The Bertz CT molecular complexity index is 499. The lowest BCUT2D eigenvalue weighted by molar-refractivity contribution is -0.114. The van der Waals surface area contributed by atoms with Gasteiger partial charge in [0.1, 0.15) is 0 Å². The molecule has 0 saturated carbocycles. The molecule has 2 aliphatic rings. The maximum Gasteiger partial charge on any atom is 0.0969 e. The van der Waals surface area contributed by atoms with E-state index in [4.69, 9.17) is 4.74 Å². The first kappa shape index (κ1) is 15.5. The average Bonchev–Trinajstić information content (AvgIpc) is 2.87. The fourth-order valence-corrected chi connectivity index (χ4v) is 5.06. The standard InChI is InChI=1S/C17H27NO2S/c1-4-14-9-15-16(21-14)5-8-20-17(15)6-7-18(11-13(3)19)12(2)10-17/h9,12-13,19H,4-8,10-11H2,1-3H3/t12-,13-,17+/m0/s1. The first-order valence-corrected chi connectivity index (χ1v) is 9.04. The summed E-state index contributed by atoms with van der Waals surface area (Å²) in [6.45, 7) is 9.03. The van der Waals surface area contributed by atoms with Crippen molar-refractivity contribution < 1.29 is 9.84 Å². The molecule has 2 aliphatic heterocycles. The minimum absolute atomic E-state index is 0.0634. The van der Waals surface area contributed by atoms with Crippen molar-refractivity contribution in [3.05, 3.63) is 21.4 Å². The van der Waals surface area contributed by atoms with Gasteiger partial charge in [-0.15, -0.1) is 11.3 Å². The minimum Gasteiger partial charge on any atom is -0.392 e. The molecule has 0 amide bonds. The van der Waals surface area contributed by atoms with Crippen molar-refractivity contribution in [1.29, 1.82) is 0 Å². The van der Waals surface area contributed by atoms with Crippen LogP contribution in [0.1, 0.15) is 48.9 Å².